The lowest BCUT2D eigenvalue weighted by Gasteiger charge is -2.23. The minimum Gasteiger partial charge on any atom is -0.370 e. The summed E-state index contributed by atoms with van der Waals surface area (Å²) in [7, 11) is 0. The van der Waals surface area contributed by atoms with E-state index in [1.54, 1.807) is 6.20 Å². The van der Waals surface area contributed by atoms with Crippen molar-refractivity contribution in [3.05, 3.63) is 23.9 Å². The number of halogens is 3. The Hall–Kier alpha value is -1.30. The van der Waals surface area contributed by atoms with Crippen LogP contribution in [0.25, 0.3) is 0 Å². The molecule has 1 saturated carbocycles. The first-order valence-corrected chi connectivity index (χ1v) is 6.97. The van der Waals surface area contributed by atoms with Gasteiger partial charge < -0.3 is 5.32 Å². The predicted molar refractivity (Wildman–Crippen MR) is 72.5 cm³/mol. The highest BCUT2D eigenvalue weighted by Crippen LogP contribution is 2.31. The summed E-state index contributed by atoms with van der Waals surface area (Å²) in [6.45, 7) is 2.37. The maximum absolute atomic E-state index is 12.5. The van der Waals surface area contributed by atoms with E-state index in [0.717, 1.165) is 37.2 Å². The molecule has 0 amide bonds. The number of nitrogens with zero attached hydrogens (tertiary/aromatic N) is 2. The van der Waals surface area contributed by atoms with Gasteiger partial charge in [0.05, 0.1) is 6.54 Å². The van der Waals surface area contributed by atoms with Crippen LogP contribution in [-0.4, -0.2) is 35.2 Å². The first-order chi connectivity index (χ1) is 9.48. The van der Waals surface area contributed by atoms with Gasteiger partial charge in [0.2, 0.25) is 0 Å². The molecule has 1 heterocycles. The number of hydrogen-bond donors (Lipinski definition) is 1. The maximum atomic E-state index is 12.5. The van der Waals surface area contributed by atoms with Crippen molar-refractivity contribution in [2.75, 3.05) is 18.4 Å². The highest BCUT2D eigenvalue weighted by atomic mass is 19.4. The van der Waals surface area contributed by atoms with Gasteiger partial charge in [-0.1, -0.05) is 13.0 Å². The van der Waals surface area contributed by atoms with Crippen LogP contribution in [0.1, 0.15) is 31.7 Å². The van der Waals surface area contributed by atoms with Gasteiger partial charge in [-0.05, 0) is 30.9 Å². The lowest BCUT2D eigenvalue weighted by Crippen LogP contribution is -2.35. The Kier molecular flexibility index (Phi) is 4.86. The molecule has 1 aromatic heterocycles. The number of anilines is 1. The number of pyridine rings is 1. The van der Waals surface area contributed by atoms with Crippen LogP contribution in [0.4, 0.5) is 19.0 Å². The molecule has 2 rings (SSSR count). The van der Waals surface area contributed by atoms with Gasteiger partial charge in [0.15, 0.2) is 0 Å². The van der Waals surface area contributed by atoms with Crippen molar-refractivity contribution in [2.24, 2.45) is 0 Å². The Morgan fingerprint density at radius 2 is 2.10 bits per heavy atom. The molecule has 3 nitrogen and oxygen atoms in total. The fraction of sp³-hybridized carbons (Fsp3) is 0.643. The van der Waals surface area contributed by atoms with E-state index in [0.29, 0.717) is 6.54 Å². The summed E-state index contributed by atoms with van der Waals surface area (Å²) in [5.74, 6) is 0.768. The van der Waals surface area contributed by atoms with E-state index < -0.39 is 12.7 Å². The third kappa shape index (κ3) is 5.00. The molecule has 0 radical (unpaired) electrons. The molecule has 0 aliphatic heterocycles. The van der Waals surface area contributed by atoms with Crippen LogP contribution in [0, 0.1) is 0 Å². The van der Waals surface area contributed by atoms with Gasteiger partial charge in [0, 0.05) is 25.3 Å². The zero-order valence-electron chi connectivity index (χ0n) is 11.6. The standard InChI is InChI=1S/C14H20F3N3/c1-2-7-18-13-6-3-11(8-19-13)9-20(12-4-5-12)10-14(15,16)17/h3,6,8,12H,2,4-5,7,9-10H2,1H3,(H,18,19). The molecule has 1 aromatic rings. The Bertz CT molecular complexity index is 413. The van der Waals surface area contributed by atoms with E-state index in [9.17, 15) is 13.2 Å². The third-order valence-corrected chi connectivity index (χ3v) is 3.21. The first-order valence-electron chi connectivity index (χ1n) is 6.97. The van der Waals surface area contributed by atoms with Crippen LogP contribution in [-0.2, 0) is 6.54 Å². The minimum absolute atomic E-state index is 0.0783. The molecule has 1 aliphatic carbocycles. The van der Waals surface area contributed by atoms with Crippen LogP contribution >= 0.6 is 0 Å². The van der Waals surface area contributed by atoms with E-state index >= 15 is 0 Å². The molecule has 0 spiro atoms. The third-order valence-electron chi connectivity index (χ3n) is 3.21. The quantitative estimate of drug-likeness (QED) is 0.832. The highest BCUT2D eigenvalue weighted by molar-refractivity contribution is 5.35. The van der Waals surface area contributed by atoms with Gasteiger partial charge in [0.25, 0.3) is 0 Å². The van der Waals surface area contributed by atoms with Crippen molar-refractivity contribution in [1.29, 1.82) is 0 Å². The van der Waals surface area contributed by atoms with E-state index in [4.69, 9.17) is 0 Å². The molecule has 6 heteroatoms. The van der Waals surface area contributed by atoms with E-state index in [2.05, 4.69) is 17.2 Å². The molecule has 1 N–H and O–H groups in total. The molecule has 1 aliphatic rings. The van der Waals surface area contributed by atoms with Crippen LogP contribution in [0.15, 0.2) is 18.3 Å². The fourth-order valence-corrected chi connectivity index (χ4v) is 2.09. The highest BCUT2D eigenvalue weighted by Gasteiger charge is 2.37. The number of aromatic nitrogens is 1. The lowest BCUT2D eigenvalue weighted by molar-refractivity contribution is -0.148. The largest absolute Gasteiger partial charge is 0.401 e. The summed E-state index contributed by atoms with van der Waals surface area (Å²) in [6.07, 6.45) is 0.242. The second-order valence-electron chi connectivity index (χ2n) is 5.23. The van der Waals surface area contributed by atoms with Gasteiger partial charge in [-0.25, -0.2) is 4.98 Å². The van der Waals surface area contributed by atoms with Gasteiger partial charge >= 0.3 is 6.18 Å². The summed E-state index contributed by atoms with van der Waals surface area (Å²) in [5.41, 5.74) is 0.822. The zero-order chi connectivity index (χ0) is 14.6. The molecular weight excluding hydrogens is 267 g/mol. The number of rotatable bonds is 7. The normalized spacial score (nSPS) is 15.7. The van der Waals surface area contributed by atoms with Crippen LogP contribution in [0.5, 0.6) is 0 Å². The molecule has 112 valence electrons. The smallest absolute Gasteiger partial charge is 0.370 e. The molecule has 0 bridgehead atoms. The molecule has 0 atom stereocenters. The Morgan fingerprint density at radius 1 is 1.35 bits per heavy atom. The van der Waals surface area contributed by atoms with Crippen LogP contribution < -0.4 is 5.32 Å². The molecule has 20 heavy (non-hydrogen) atoms. The van der Waals surface area contributed by atoms with Crippen LogP contribution in [0.3, 0.4) is 0 Å². The summed E-state index contributed by atoms with van der Waals surface area (Å²) in [5, 5.41) is 3.14. The second-order valence-corrected chi connectivity index (χ2v) is 5.23. The summed E-state index contributed by atoms with van der Waals surface area (Å²) >= 11 is 0. The van der Waals surface area contributed by atoms with Gasteiger partial charge in [0.1, 0.15) is 5.82 Å². The summed E-state index contributed by atoms with van der Waals surface area (Å²) < 4.78 is 37.6. The number of alkyl halides is 3. The predicted octanol–water partition coefficient (Wildman–Crippen LogP) is 3.43. The van der Waals surface area contributed by atoms with Gasteiger partial charge in [-0.3, -0.25) is 4.90 Å². The molecule has 1 fully saturated rings. The Morgan fingerprint density at radius 3 is 2.60 bits per heavy atom. The molecule has 0 aromatic carbocycles. The van der Waals surface area contributed by atoms with E-state index in [-0.39, 0.29) is 6.04 Å². The summed E-state index contributed by atoms with van der Waals surface area (Å²) in [6, 6.07) is 3.75. The van der Waals surface area contributed by atoms with E-state index in [1.807, 2.05) is 12.1 Å². The molecular formula is C14H20F3N3. The topological polar surface area (TPSA) is 28.2 Å². The summed E-state index contributed by atoms with van der Waals surface area (Å²) in [4.78, 5) is 5.72. The Balaban J connectivity index is 1.93. The van der Waals surface area contributed by atoms with E-state index in [1.165, 1.54) is 4.90 Å². The van der Waals surface area contributed by atoms with Crippen molar-refractivity contribution < 1.29 is 13.2 Å². The lowest BCUT2D eigenvalue weighted by atomic mass is 10.2. The fourth-order valence-electron chi connectivity index (χ4n) is 2.09. The molecule has 0 unspecified atom stereocenters. The van der Waals surface area contributed by atoms with Gasteiger partial charge in [-0.2, -0.15) is 13.2 Å². The van der Waals surface area contributed by atoms with Crippen molar-refractivity contribution in [1.82, 2.24) is 9.88 Å². The monoisotopic (exact) mass is 287 g/mol. The molecule has 0 saturated heterocycles. The van der Waals surface area contributed by atoms with Crippen molar-refractivity contribution in [3.63, 3.8) is 0 Å². The average Bonchev–Trinajstić information content (AvgIpc) is 3.20. The number of nitrogens with one attached hydrogen (secondary N) is 1. The first kappa shape index (κ1) is 15.1. The number of hydrogen-bond acceptors (Lipinski definition) is 3. The zero-order valence-corrected chi connectivity index (χ0v) is 11.6. The van der Waals surface area contributed by atoms with Crippen molar-refractivity contribution >= 4 is 5.82 Å². The van der Waals surface area contributed by atoms with Crippen LogP contribution in [0.2, 0.25) is 0 Å². The van der Waals surface area contributed by atoms with Crippen molar-refractivity contribution in [2.45, 2.75) is 44.9 Å². The Labute approximate surface area is 117 Å². The maximum Gasteiger partial charge on any atom is 0.401 e. The van der Waals surface area contributed by atoms with Gasteiger partial charge in [-0.15, -0.1) is 0 Å². The second kappa shape index (κ2) is 6.43. The SMILES string of the molecule is CCCNc1ccc(CN(CC(F)(F)F)C2CC2)cn1. The minimum atomic E-state index is -4.14. The average molecular weight is 287 g/mol. The van der Waals surface area contributed by atoms with Crippen molar-refractivity contribution in [3.8, 4) is 0 Å².